The summed E-state index contributed by atoms with van der Waals surface area (Å²) in [4.78, 5) is 24.0. The minimum absolute atomic E-state index is 0.203. The van der Waals surface area contributed by atoms with Gasteiger partial charge in [0, 0.05) is 5.92 Å². The number of benzene rings is 1. The smallest absolute Gasteiger partial charge is 0.320 e. The van der Waals surface area contributed by atoms with Crippen LogP contribution >= 0.6 is 0 Å². The zero-order valence-electron chi connectivity index (χ0n) is 12.5. The molecule has 0 aliphatic carbocycles. The van der Waals surface area contributed by atoms with Crippen LogP contribution in [-0.2, 0) is 19.1 Å². The maximum absolute atomic E-state index is 12.0. The first-order valence-electron chi connectivity index (χ1n) is 6.88. The highest BCUT2D eigenvalue weighted by atomic mass is 16.6. The number of rotatable bonds is 6. The molecular formula is C16H19NO4. The molecule has 0 aliphatic heterocycles. The van der Waals surface area contributed by atoms with Crippen LogP contribution in [0.3, 0.4) is 0 Å². The molecule has 0 aliphatic rings. The first kappa shape index (κ1) is 16.7. The Labute approximate surface area is 124 Å². The molecule has 5 nitrogen and oxygen atoms in total. The van der Waals surface area contributed by atoms with Crippen LogP contribution in [0.5, 0.6) is 0 Å². The Morgan fingerprint density at radius 2 is 1.57 bits per heavy atom. The molecule has 1 aromatic rings. The SMILES string of the molecule is CCOC(=O)C(C(=O)OCC)C(C)c1ccc(C#N)cc1. The summed E-state index contributed by atoms with van der Waals surface area (Å²) in [5.74, 6) is -2.57. The minimum atomic E-state index is -1.00. The van der Waals surface area contributed by atoms with Gasteiger partial charge in [-0.1, -0.05) is 19.1 Å². The predicted octanol–water partition coefficient (Wildman–Crippen LogP) is 2.40. The fourth-order valence-electron chi connectivity index (χ4n) is 2.02. The summed E-state index contributed by atoms with van der Waals surface area (Å²) in [6.07, 6.45) is 0. The molecule has 0 heterocycles. The van der Waals surface area contributed by atoms with Gasteiger partial charge in [-0.3, -0.25) is 9.59 Å². The molecular weight excluding hydrogens is 270 g/mol. The molecule has 1 atom stereocenters. The van der Waals surface area contributed by atoms with Gasteiger partial charge in [0.15, 0.2) is 5.92 Å². The van der Waals surface area contributed by atoms with Crippen LogP contribution in [0.2, 0.25) is 0 Å². The van der Waals surface area contributed by atoms with Crippen molar-refractivity contribution < 1.29 is 19.1 Å². The van der Waals surface area contributed by atoms with E-state index in [0.717, 1.165) is 5.56 Å². The van der Waals surface area contributed by atoms with E-state index in [1.165, 1.54) is 0 Å². The standard InChI is InChI=1S/C16H19NO4/c1-4-20-15(18)14(16(19)21-5-2)11(3)13-8-6-12(10-17)7-9-13/h6-9,11,14H,4-5H2,1-3H3. The molecule has 0 saturated carbocycles. The molecule has 5 heteroatoms. The van der Waals surface area contributed by atoms with Gasteiger partial charge in [-0.25, -0.2) is 0 Å². The molecule has 1 aromatic carbocycles. The number of hydrogen-bond donors (Lipinski definition) is 0. The second kappa shape index (κ2) is 8.05. The summed E-state index contributed by atoms with van der Waals surface area (Å²) >= 11 is 0. The van der Waals surface area contributed by atoms with Crippen molar-refractivity contribution in [1.82, 2.24) is 0 Å². The number of carbonyl (C=O) groups is 2. The quantitative estimate of drug-likeness (QED) is 0.593. The van der Waals surface area contributed by atoms with Gasteiger partial charge >= 0.3 is 11.9 Å². The van der Waals surface area contributed by atoms with Crippen molar-refractivity contribution in [2.45, 2.75) is 26.7 Å². The summed E-state index contributed by atoms with van der Waals surface area (Å²) < 4.78 is 9.93. The van der Waals surface area contributed by atoms with Crippen molar-refractivity contribution in [2.75, 3.05) is 13.2 Å². The van der Waals surface area contributed by atoms with Crippen molar-refractivity contribution in [1.29, 1.82) is 5.26 Å². The lowest BCUT2D eigenvalue weighted by atomic mass is 9.87. The Bertz CT molecular complexity index is 512. The average molecular weight is 289 g/mol. The highest BCUT2D eigenvalue weighted by Gasteiger charge is 2.35. The zero-order valence-corrected chi connectivity index (χ0v) is 12.5. The van der Waals surface area contributed by atoms with Gasteiger partial charge in [0.05, 0.1) is 24.8 Å². The van der Waals surface area contributed by atoms with Crippen LogP contribution in [0.1, 0.15) is 37.8 Å². The van der Waals surface area contributed by atoms with Crippen molar-refractivity contribution in [3.8, 4) is 6.07 Å². The van der Waals surface area contributed by atoms with E-state index in [9.17, 15) is 9.59 Å². The van der Waals surface area contributed by atoms with E-state index < -0.39 is 23.8 Å². The lowest BCUT2D eigenvalue weighted by molar-refractivity contribution is -0.162. The Kier molecular flexibility index (Phi) is 6.41. The van der Waals surface area contributed by atoms with Gasteiger partial charge in [0.1, 0.15) is 0 Å². The molecule has 0 fully saturated rings. The molecule has 0 bridgehead atoms. The van der Waals surface area contributed by atoms with Gasteiger partial charge in [-0.2, -0.15) is 5.26 Å². The third-order valence-electron chi connectivity index (χ3n) is 3.15. The van der Waals surface area contributed by atoms with Crippen molar-refractivity contribution >= 4 is 11.9 Å². The van der Waals surface area contributed by atoms with Gasteiger partial charge < -0.3 is 9.47 Å². The predicted molar refractivity (Wildman–Crippen MR) is 76.3 cm³/mol. The lowest BCUT2D eigenvalue weighted by Crippen LogP contribution is -2.32. The third-order valence-corrected chi connectivity index (χ3v) is 3.15. The topological polar surface area (TPSA) is 76.4 Å². The van der Waals surface area contributed by atoms with E-state index in [2.05, 4.69) is 0 Å². The number of hydrogen-bond acceptors (Lipinski definition) is 5. The van der Waals surface area contributed by atoms with Crippen LogP contribution in [0.4, 0.5) is 0 Å². The van der Waals surface area contributed by atoms with Crippen LogP contribution in [-0.4, -0.2) is 25.2 Å². The maximum atomic E-state index is 12.0. The monoisotopic (exact) mass is 289 g/mol. The van der Waals surface area contributed by atoms with Gasteiger partial charge in [0.25, 0.3) is 0 Å². The second-order valence-electron chi connectivity index (χ2n) is 4.50. The number of ether oxygens (including phenoxy) is 2. The maximum Gasteiger partial charge on any atom is 0.320 e. The average Bonchev–Trinajstić information content (AvgIpc) is 2.48. The molecule has 0 radical (unpaired) electrons. The highest BCUT2D eigenvalue weighted by Crippen LogP contribution is 2.27. The molecule has 0 amide bonds. The Hall–Kier alpha value is -2.35. The summed E-state index contributed by atoms with van der Waals surface area (Å²) in [6.45, 7) is 5.54. The molecule has 112 valence electrons. The number of carbonyl (C=O) groups excluding carboxylic acids is 2. The lowest BCUT2D eigenvalue weighted by Gasteiger charge is -2.21. The fourth-order valence-corrected chi connectivity index (χ4v) is 2.02. The Morgan fingerprint density at radius 3 is 1.95 bits per heavy atom. The number of nitrogens with zero attached hydrogens (tertiary/aromatic N) is 1. The van der Waals surface area contributed by atoms with Crippen LogP contribution in [0.25, 0.3) is 0 Å². The largest absolute Gasteiger partial charge is 0.465 e. The third kappa shape index (κ3) is 4.32. The van der Waals surface area contributed by atoms with Crippen LogP contribution in [0.15, 0.2) is 24.3 Å². The molecule has 0 spiro atoms. The van der Waals surface area contributed by atoms with E-state index in [0.29, 0.717) is 5.56 Å². The van der Waals surface area contributed by atoms with Crippen LogP contribution < -0.4 is 0 Å². The first-order valence-corrected chi connectivity index (χ1v) is 6.88. The summed E-state index contributed by atoms with van der Waals surface area (Å²) in [7, 11) is 0. The van der Waals surface area contributed by atoms with E-state index in [1.54, 1.807) is 45.0 Å². The van der Waals surface area contributed by atoms with E-state index >= 15 is 0 Å². The normalized spacial score (nSPS) is 11.6. The van der Waals surface area contributed by atoms with E-state index in [1.807, 2.05) is 6.07 Å². The van der Waals surface area contributed by atoms with Crippen molar-refractivity contribution in [3.63, 3.8) is 0 Å². The van der Waals surface area contributed by atoms with E-state index in [4.69, 9.17) is 14.7 Å². The summed E-state index contributed by atoms with van der Waals surface area (Å²) in [6, 6.07) is 8.79. The number of nitriles is 1. The highest BCUT2D eigenvalue weighted by molar-refractivity contribution is 5.96. The first-order chi connectivity index (χ1) is 10.0. The summed E-state index contributed by atoms with van der Waals surface area (Å²) in [5.41, 5.74) is 1.30. The molecule has 1 rings (SSSR count). The minimum Gasteiger partial charge on any atom is -0.465 e. The van der Waals surface area contributed by atoms with Crippen molar-refractivity contribution in [2.24, 2.45) is 5.92 Å². The fraction of sp³-hybridized carbons (Fsp3) is 0.438. The van der Waals surface area contributed by atoms with Crippen LogP contribution in [0, 0.1) is 17.2 Å². The zero-order chi connectivity index (χ0) is 15.8. The van der Waals surface area contributed by atoms with Gasteiger partial charge in [0.2, 0.25) is 0 Å². The van der Waals surface area contributed by atoms with Gasteiger partial charge in [-0.05, 0) is 31.5 Å². The molecule has 0 aromatic heterocycles. The summed E-state index contributed by atoms with van der Waals surface area (Å²) in [5, 5.41) is 8.79. The number of esters is 2. The molecule has 0 saturated heterocycles. The second-order valence-corrected chi connectivity index (χ2v) is 4.50. The Morgan fingerprint density at radius 1 is 1.10 bits per heavy atom. The molecule has 1 unspecified atom stereocenters. The molecule has 0 N–H and O–H groups in total. The Balaban J connectivity index is 3.02. The van der Waals surface area contributed by atoms with Crippen molar-refractivity contribution in [3.05, 3.63) is 35.4 Å². The molecule has 21 heavy (non-hydrogen) atoms. The van der Waals surface area contributed by atoms with E-state index in [-0.39, 0.29) is 13.2 Å². The van der Waals surface area contributed by atoms with Gasteiger partial charge in [-0.15, -0.1) is 0 Å².